The molecule has 100 valence electrons. The van der Waals surface area contributed by atoms with Gasteiger partial charge < -0.3 is 9.73 Å². The van der Waals surface area contributed by atoms with Crippen LogP contribution in [-0.2, 0) is 13.1 Å². The molecule has 0 saturated heterocycles. The summed E-state index contributed by atoms with van der Waals surface area (Å²) in [4.78, 5) is 2.58. The van der Waals surface area contributed by atoms with Crippen LogP contribution in [0.15, 0.2) is 16.7 Å². The fourth-order valence-corrected chi connectivity index (χ4v) is 2.51. The van der Waals surface area contributed by atoms with Crippen molar-refractivity contribution in [3.05, 3.63) is 23.7 Å². The van der Waals surface area contributed by atoms with Gasteiger partial charge in [-0.25, -0.2) is 0 Å². The van der Waals surface area contributed by atoms with Crippen LogP contribution < -0.4 is 5.32 Å². The molecule has 1 heterocycles. The molecule has 1 aromatic rings. The third kappa shape index (κ3) is 3.15. The minimum Gasteiger partial charge on any atom is -0.468 e. The van der Waals surface area contributed by atoms with Crippen molar-refractivity contribution in [3.8, 4) is 0 Å². The SMILES string of the molecule is CCCN(Cc1occc1CNC1CC1)C1CC1. The number of nitrogens with one attached hydrogen (secondary N) is 1. The van der Waals surface area contributed by atoms with E-state index < -0.39 is 0 Å². The summed E-state index contributed by atoms with van der Waals surface area (Å²) in [6.45, 7) is 5.42. The highest BCUT2D eigenvalue weighted by atomic mass is 16.3. The van der Waals surface area contributed by atoms with Gasteiger partial charge in [0.15, 0.2) is 0 Å². The molecule has 0 aromatic carbocycles. The quantitative estimate of drug-likeness (QED) is 0.767. The van der Waals surface area contributed by atoms with Crippen LogP contribution in [-0.4, -0.2) is 23.5 Å². The predicted octanol–water partition coefficient (Wildman–Crippen LogP) is 2.91. The molecule has 1 aromatic heterocycles. The Kier molecular flexibility index (Phi) is 3.71. The van der Waals surface area contributed by atoms with Gasteiger partial charge in [-0.2, -0.15) is 0 Å². The van der Waals surface area contributed by atoms with E-state index in [-0.39, 0.29) is 0 Å². The summed E-state index contributed by atoms with van der Waals surface area (Å²) in [5.74, 6) is 1.17. The van der Waals surface area contributed by atoms with Crippen molar-refractivity contribution in [1.82, 2.24) is 10.2 Å². The first-order valence-electron chi connectivity index (χ1n) is 7.39. The number of furan rings is 1. The fraction of sp³-hybridized carbons (Fsp3) is 0.733. The van der Waals surface area contributed by atoms with Crippen molar-refractivity contribution in [3.63, 3.8) is 0 Å². The Labute approximate surface area is 110 Å². The van der Waals surface area contributed by atoms with E-state index in [1.54, 1.807) is 0 Å². The summed E-state index contributed by atoms with van der Waals surface area (Å²) in [6, 6.07) is 3.71. The fourth-order valence-electron chi connectivity index (χ4n) is 2.51. The Morgan fingerprint density at radius 2 is 2.17 bits per heavy atom. The molecule has 0 bridgehead atoms. The molecule has 2 aliphatic rings. The van der Waals surface area contributed by atoms with Crippen LogP contribution >= 0.6 is 0 Å². The second-order valence-corrected chi connectivity index (χ2v) is 5.73. The Bertz CT molecular complexity index is 380. The standard InChI is InChI=1S/C15H24N2O/c1-2-8-17(14-5-6-14)11-15-12(7-9-18-15)10-16-13-3-4-13/h7,9,13-14,16H,2-6,8,10-11H2,1H3. The maximum Gasteiger partial charge on any atom is 0.122 e. The molecule has 0 aliphatic heterocycles. The molecule has 2 saturated carbocycles. The van der Waals surface area contributed by atoms with Crippen molar-refractivity contribution >= 4 is 0 Å². The Morgan fingerprint density at radius 1 is 1.33 bits per heavy atom. The first-order chi connectivity index (χ1) is 8.86. The van der Waals surface area contributed by atoms with Crippen molar-refractivity contribution < 1.29 is 4.42 Å². The van der Waals surface area contributed by atoms with Crippen molar-refractivity contribution in [2.24, 2.45) is 0 Å². The van der Waals surface area contributed by atoms with Gasteiger partial charge in [0, 0.05) is 24.2 Å². The van der Waals surface area contributed by atoms with Gasteiger partial charge in [0.25, 0.3) is 0 Å². The van der Waals surface area contributed by atoms with E-state index in [2.05, 4.69) is 23.2 Å². The predicted molar refractivity (Wildman–Crippen MR) is 72.3 cm³/mol. The average Bonchev–Trinajstić information content (AvgIpc) is 3.27. The van der Waals surface area contributed by atoms with Gasteiger partial charge in [0.05, 0.1) is 12.8 Å². The lowest BCUT2D eigenvalue weighted by Crippen LogP contribution is -2.27. The number of hydrogen-bond acceptors (Lipinski definition) is 3. The van der Waals surface area contributed by atoms with Crippen LogP contribution in [0.5, 0.6) is 0 Å². The smallest absolute Gasteiger partial charge is 0.122 e. The van der Waals surface area contributed by atoms with E-state index in [4.69, 9.17) is 4.42 Å². The van der Waals surface area contributed by atoms with E-state index in [0.717, 1.165) is 25.2 Å². The van der Waals surface area contributed by atoms with Gasteiger partial charge in [-0.1, -0.05) is 6.92 Å². The first-order valence-corrected chi connectivity index (χ1v) is 7.39. The Balaban J connectivity index is 1.57. The van der Waals surface area contributed by atoms with Crippen LogP contribution in [0.4, 0.5) is 0 Å². The van der Waals surface area contributed by atoms with Crippen molar-refractivity contribution in [2.75, 3.05) is 6.54 Å². The van der Waals surface area contributed by atoms with Crippen LogP contribution in [0.25, 0.3) is 0 Å². The monoisotopic (exact) mass is 248 g/mol. The van der Waals surface area contributed by atoms with Crippen molar-refractivity contribution in [2.45, 2.75) is 64.2 Å². The zero-order chi connectivity index (χ0) is 12.4. The normalized spacial score (nSPS) is 19.7. The number of nitrogens with zero attached hydrogens (tertiary/aromatic N) is 1. The van der Waals surface area contributed by atoms with Gasteiger partial charge in [0.1, 0.15) is 5.76 Å². The molecule has 0 spiro atoms. The highest BCUT2D eigenvalue weighted by Crippen LogP contribution is 2.29. The topological polar surface area (TPSA) is 28.4 Å². The lowest BCUT2D eigenvalue weighted by atomic mass is 10.2. The molecule has 2 fully saturated rings. The second-order valence-electron chi connectivity index (χ2n) is 5.73. The zero-order valence-electron chi connectivity index (χ0n) is 11.3. The summed E-state index contributed by atoms with van der Waals surface area (Å²) < 4.78 is 5.69. The van der Waals surface area contributed by atoms with Crippen LogP contribution in [0.3, 0.4) is 0 Å². The van der Waals surface area contributed by atoms with Crippen molar-refractivity contribution in [1.29, 1.82) is 0 Å². The molecule has 0 atom stereocenters. The third-order valence-electron chi connectivity index (χ3n) is 3.92. The molecule has 0 unspecified atom stereocenters. The molecule has 0 radical (unpaired) electrons. The van der Waals surface area contributed by atoms with Gasteiger partial charge >= 0.3 is 0 Å². The molecule has 2 aliphatic carbocycles. The third-order valence-corrected chi connectivity index (χ3v) is 3.92. The van der Waals surface area contributed by atoms with Crippen LogP contribution in [0.1, 0.15) is 50.4 Å². The molecule has 3 heteroatoms. The lowest BCUT2D eigenvalue weighted by Gasteiger charge is -2.20. The van der Waals surface area contributed by atoms with Crippen LogP contribution in [0.2, 0.25) is 0 Å². The Hall–Kier alpha value is -0.800. The van der Waals surface area contributed by atoms with E-state index in [0.29, 0.717) is 0 Å². The average molecular weight is 248 g/mol. The van der Waals surface area contributed by atoms with Gasteiger partial charge in [-0.05, 0) is 44.7 Å². The summed E-state index contributed by atoms with van der Waals surface area (Å²) in [7, 11) is 0. The van der Waals surface area contributed by atoms with Crippen LogP contribution in [0, 0.1) is 0 Å². The van der Waals surface area contributed by atoms with E-state index >= 15 is 0 Å². The summed E-state index contributed by atoms with van der Waals surface area (Å²) >= 11 is 0. The summed E-state index contributed by atoms with van der Waals surface area (Å²) in [5, 5.41) is 3.57. The molecule has 3 nitrogen and oxygen atoms in total. The van der Waals surface area contributed by atoms with E-state index in [9.17, 15) is 0 Å². The largest absolute Gasteiger partial charge is 0.468 e. The Morgan fingerprint density at radius 3 is 2.83 bits per heavy atom. The summed E-state index contributed by atoms with van der Waals surface area (Å²) in [6.07, 6.45) is 8.50. The molecule has 1 N–H and O–H groups in total. The second kappa shape index (κ2) is 5.45. The number of rotatable bonds is 8. The highest BCUT2D eigenvalue weighted by Gasteiger charge is 2.29. The molecule has 18 heavy (non-hydrogen) atoms. The highest BCUT2D eigenvalue weighted by molar-refractivity contribution is 5.17. The molecular weight excluding hydrogens is 224 g/mol. The van der Waals surface area contributed by atoms with Gasteiger partial charge in [-0.3, -0.25) is 4.90 Å². The van der Waals surface area contributed by atoms with Gasteiger partial charge in [-0.15, -0.1) is 0 Å². The lowest BCUT2D eigenvalue weighted by molar-refractivity contribution is 0.233. The maximum atomic E-state index is 5.69. The maximum absolute atomic E-state index is 5.69. The van der Waals surface area contributed by atoms with Gasteiger partial charge in [0.2, 0.25) is 0 Å². The molecule has 0 amide bonds. The zero-order valence-corrected chi connectivity index (χ0v) is 11.3. The molecule has 3 rings (SSSR count). The minimum absolute atomic E-state index is 0.767. The molecular formula is C15H24N2O. The minimum atomic E-state index is 0.767. The first kappa shape index (κ1) is 12.2. The summed E-state index contributed by atoms with van der Waals surface area (Å²) in [5.41, 5.74) is 1.35. The van der Waals surface area contributed by atoms with E-state index in [1.807, 2.05) is 6.26 Å². The van der Waals surface area contributed by atoms with E-state index in [1.165, 1.54) is 50.0 Å². The number of hydrogen-bond donors (Lipinski definition) is 1.